The summed E-state index contributed by atoms with van der Waals surface area (Å²) in [5.74, 6) is -0.390. The summed E-state index contributed by atoms with van der Waals surface area (Å²) >= 11 is 0. The molecule has 0 fully saturated rings. The van der Waals surface area contributed by atoms with Crippen molar-refractivity contribution >= 4 is 13.8 Å². The summed E-state index contributed by atoms with van der Waals surface area (Å²) in [4.78, 5) is 22.6. The Bertz CT molecular complexity index is 1020. The van der Waals surface area contributed by atoms with Crippen LogP contribution >= 0.6 is 7.82 Å². The third kappa shape index (κ3) is 46.0. The first-order valence-corrected chi connectivity index (χ1v) is 26.0. The highest BCUT2D eigenvalue weighted by Gasteiger charge is 2.26. The molecule has 0 saturated heterocycles. The minimum atomic E-state index is -4.52. The molecule has 0 aliphatic rings. The second-order valence-electron chi connectivity index (χ2n) is 16.5. The van der Waals surface area contributed by atoms with Crippen molar-refractivity contribution < 1.29 is 43.0 Å². The zero-order valence-corrected chi connectivity index (χ0v) is 39.1. The molecule has 0 saturated carbocycles. The molecule has 0 aromatic heterocycles. The van der Waals surface area contributed by atoms with Gasteiger partial charge in [-0.1, -0.05) is 185 Å². The van der Waals surface area contributed by atoms with Gasteiger partial charge in [0, 0.05) is 13.0 Å². The van der Waals surface area contributed by atoms with Gasteiger partial charge in [0.1, 0.15) is 12.2 Å². The number of ether oxygens (including phenoxy) is 2. The van der Waals surface area contributed by atoms with Crippen LogP contribution in [0.1, 0.15) is 226 Å². The molecule has 3 unspecified atom stereocenters. The smallest absolute Gasteiger partial charge is 0.457 e. The van der Waals surface area contributed by atoms with Crippen LogP contribution in [0.25, 0.3) is 0 Å². The molecule has 0 heterocycles. The van der Waals surface area contributed by atoms with Gasteiger partial charge in [-0.05, 0) is 70.6 Å². The third-order valence-corrected chi connectivity index (χ3v) is 11.5. The largest absolute Gasteiger partial charge is 0.472 e. The molecule has 0 aromatic carbocycles. The molecule has 0 bridgehead atoms. The number of carbonyl (C=O) groups is 1. The van der Waals surface area contributed by atoms with Crippen molar-refractivity contribution in [3.05, 3.63) is 36.5 Å². The zero-order chi connectivity index (χ0) is 43.2. The van der Waals surface area contributed by atoms with Crippen molar-refractivity contribution in [3.63, 3.8) is 0 Å². The minimum Gasteiger partial charge on any atom is -0.457 e. The van der Waals surface area contributed by atoms with E-state index in [9.17, 15) is 19.4 Å². The van der Waals surface area contributed by atoms with Gasteiger partial charge < -0.3 is 24.6 Å². The van der Waals surface area contributed by atoms with Crippen molar-refractivity contribution in [1.29, 1.82) is 0 Å². The van der Waals surface area contributed by atoms with Crippen molar-refractivity contribution in [2.75, 3.05) is 33.0 Å². The average molecular weight is 857 g/mol. The predicted molar refractivity (Wildman–Crippen MR) is 247 cm³/mol. The molecule has 59 heavy (non-hydrogen) atoms. The summed E-state index contributed by atoms with van der Waals surface area (Å²) in [7, 11) is -4.52. The normalized spacial score (nSPS) is 14.2. The van der Waals surface area contributed by atoms with Gasteiger partial charge in [-0.25, -0.2) is 4.57 Å². The maximum atomic E-state index is 12.6. The topological polar surface area (TPSA) is 132 Å². The number of phosphoric acid groups is 1. The SMILES string of the molecule is CCCCCCC/C=C\C/C=C\CCCCCCCCCCCCCCOCC(COP(=O)(O)OCC(O)CO)OC(=O)CCCCCCC/C=C\CCCCCCC. The Balaban J connectivity index is 4.05. The second-order valence-corrected chi connectivity index (χ2v) is 17.9. The van der Waals surface area contributed by atoms with E-state index in [-0.39, 0.29) is 19.6 Å². The van der Waals surface area contributed by atoms with E-state index in [1.165, 1.54) is 141 Å². The lowest BCUT2D eigenvalue weighted by atomic mass is 10.0. The highest BCUT2D eigenvalue weighted by molar-refractivity contribution is 7.47. The number of allylic oxidation sites excluding steroid dienone is 6. The van der Waals surface area contributed by atoms with E-state index in [2.05, 4.69) is 50.3 Å². The molecule has 0 aliphatic carbocycles. The molecule has 9 nitrogen and oxygen atoms in total. The monoisotopic (exact) mass is 857 g/mol. The summed E-state index contributed by atoms with van der Waals surface area (Å²) in [6.45, 7) is 3.51. The molecule has 0 aromatic rings. The Morgan fingerprint density at radius 2 is 0.915 bits per heavy atom. The molecular formula is C49H93O9P. The number of unbranched alkanes of at least 4 members (excludes halogenated alkanes) is 27. The fourth-order valence-electron chi connectivity index (χ4n) is 6.79. The van der Waals surface area contributed by atoms with E-state index in [1.54, 1.807) is 0 Å². The van der Waals surface area contributed by atoms with E-state index in [4.69, 9.17) is 23.6 Å². The van der Waals surface area contributed by atoms with Crippen LogP contribution in [0.2, 0.25) is 0 Å². The highest BCUT2D eigenvalue weighted by atomic mass is 31.2. The van der Waals surface area contributed by atoms with E-state index < -0.39 is 39.2 Å². The minimum absolute atomic E-state index is 0.0465. The quantitative estimate of drug-likeness (QED) is 0.0237. The van der Waals surface area contributed by atoms with Gasteiger partial charge >= 0.3 is 13.8 Å². The van der Waals surface area contributed by atoms with Crippen molar-refractivity contribution in [2.45, 2.75) is 238 Å². The first-order chi connectivity index (χ1) is 28.8. The van der Waals surface area contributed by atoms with Gasteiger partial charge in [0.2, 0.25) is 0 Å². The van der Waals surface area contributed by atoms with Gasteiger partial charge in [0.05, 0.1) is 26.4 Å². The number of aliphatic hydroxyl groups is 2. The predicted octanol–water partition coefficient (Wildman–Crippen LogP) is 14.0. The van der Waals surface area contributed by atoms with E-state index in [0.29, 0.717) is 6.61 Å². The Kier molecular flexibility index (Phi) is 45.2. The summed E-state index contributed by atoms with van der Waals surface area (Å²) < 4.78 is 33.4. The number of hydrogen-bond donors (Lipinski definition) is 3. The van der Waals surface area contributed by atoms with Gasteiger partial charge in [-0.15, -0.1) is 0 Å². The highest BCUT2D eigenvalue weighted by Crippen LogP contribution is 2.43. The van der Waals surface area contributed by atoms with Crippen LogP contribution in [-0.4, -0.2) is 66.3 Å². The maximum Gasteiger partial charge on any atom is 0.472 e. The molecule has 0 amide bonds. The number of phosphoric ester groups is 1. The average Bonchev–Trinajstić information content (AvgIpc) is 3.23. The number of rotatable bonds is 47. The van der Waals surface area contributed by atoms with Crippen LogP contribution in [0.3, 0.4) is 0 Å². The molecule has 0 aliphatic heterocycles. The van der Waals surface area contributed by atoms with Gasteiger partial charge in [-0.2, -0.15) is 0 Å². The van der Waals surface area contributed by atoms with Crippen LogP contribution < -0.4 is 0 Å². The summed E-state index contributed by atoms with van der Waals surface area (Å²) in [6.07, 6.45) is 51.1. The van der Waals surface area contributed by atoms with Crippen molar-refractivity contribution in [1.82, 2.24) is 0 Å². The summed E-state index contributed by atoms with van der Waals surface area (Å²) in [5.41, 5.74) is 0. The molecule has 0 spiro atoms. The molecule has 348 valence electrons. The van der Waals surface area contributed by atoms with Crippen molar-refractivity contribution in [3.8, 4) is 0 Å². The lowest BCUT2D eigenvalue weighted by Gasteiger charge is -2.20. The second kappa shape index (κ2) is 46.2. The zero-order valence-electron chi connectivity index (χ0n) is 38.2. The molecule has 0 rings (SSSR count). The molecular weight excluding hydrogens is 764 g/mol. The number of esters is 1. The van der Waals surface area contributed by atoms with Crippen molar-refractivity contribution in [2.24, 2.45) is 0 Å². The van der Waals surface area contributed by atoms with Crippen LogP contribution in [0.4, 0.5) is 0 Å². The first kappa shape index (κ1) is 57.7. The Hall–Kier alpha value is -1.32. The Morgan fingerprint density at radius 3 is 1.37 bits per heavy atom. The lowest BCUT2D eigenvalue weighted by molar-refractivity contribution is -0.154. The standard InChI is InChI=1S/C49H93O9P/c1-3-5-7-9-11-13-15-17-19-20-21-22-23-24-25-26-27-28-30-32-34-36-38-40-42-55-45-48(46-57-59(53,54)56-44-47(51)43-50)58-49(52)41-39-37-35-33-31-29-18-16-14-12-10-8-6-4-2/h15-18,20-21,47-48,50-51H,3-14,19,22-46H2,1-2H3,(H,53,54)/b17-15-,18-16-,21-20-. The molecule has 3 N–H and O–H groups in total. The Morgan fingerprint density at radius 1 is 0.525 bits per heavy atom. The molecule has 3 atom stereocenters. The summed E-state index contributed by atoms with van der Waals surface area (Å²) in [5, 5.41) is 18.4. The number of hydrogen-bond acceptors (Lipinski definition) is 8. The molecule has 0 radical (unpaired) electrons. The van der Waals surface area contributed by atoms with Gasteiger partial charge in [-0.3, -0.25) is 13.8 Å². The van der Waals surface area contributed by atoms with Crippen LogP contribution in [0.5, 0.6) is 0 Å². The Labute approximate surface area is 363 Å². The van der Waals surface area contributed by atoms with Crippen LogP contribution in [0.15, 0.2) is 36.5 Å². The van der Waals surface area contributed by atoms with Crippen LogP contribution in [-0.2, 0) is 27.9 Å². The van der Waals surface area contributed by atoms with E-state index >= 15 is 0 Å². The fourth-order valence-corrected chi connectivity index (χ4v) is 7.58. The lowest BCUT2D eigenvalue weighted by Crippen LogP contribution is -2.29. The van der Waals surface area contributed by atoms with E-state index in [0.717, 1.165) is 64.2 Å². The number of carbonyl (C=O) groups excluding carboxylic acids is 1. The van der Waals surface area contributed by atoms with E-state index in [1.807, 2.05) is 0 Å². The van der Waals surface area contributed by atoms with Gasteiger partial charge in [0.25, 0.3) is 0 Å². The summed E-state index contributed by atoms with van der Waals surface area (Å²) in [6, 6.07) is 0. The number of aliphatic hydroxyl groups excluding tert-OH is 2. The molecule has 10 heteroatoms. The first-order valence-electron chi connectivity index (χ1n) is 24.5. The third-order valence-electron chi connectivity index (χ3n) is 10.5. The maximum absolute atomic E-state index is 12.6. The van der Waals surface area contributed by atoms with Gasteiger partial charge in [0.15, 0.2) is 0 Å². The fraction of sp³-hybridized carbons (Fsp3) is 0.857. The van der Waals surface area contributed by atoms with Crippen LogP contribution in [0, 0.1) is 0 Å².